The molecule has 1 rings (SSSR count). The zero-order chi connectivity index (χ0) is 13.6. The Morgan fingerprint density at radius 3 is 2.11 bits per heavy atom. The third kappa shape index (κ3) is 3.84. The van der Waals surface area contributed by atoms with Gasteiger partial charge in [-0.05, 0) is 31.5 Å². The predicted octanol–water partition coefficient (Wildman–Crippen LogP) is 2.70. The number of hydrogen-bond acceptors (Lipinski definition) is 3. The van der Waals surface area contributed by atoms with E-state index in [4.69, 9.17) is 13.3 Å². The first-order chi connectivity index (χ1) is 8.56. The lowest BCUT2D eigenvalue weighted by molar-refractivity contribution is 0.0857. The van der Waals surface area contributed by atoms with E-state index >= 15 is 0 Å². The summed E-state index contributed by atoms with van der Waals surface area (Å²) < 4.78 is 42.5. The zero-order valence-electron chi connectivity index (χ0n) is 10.8. The van der Waals surface area contributed by atoms with E-state index in [1.54, 1.807) is 0 Å². The first-order valence-electron chi connectivity index (χ1n) is 5.84. The Hall–Kier alpha value is -0.823. The quantitative estimate of drug-likeness (QED) is 0.717. The minimum Gasteiger partial charge on any atom is -0.377 e. The highest BCUT2D eigenvalue weighted by atomic mass is 28.4. The van der Waals surface area contributed by atoms with Gasteiger partial charge in [0.25, 0.3) is 0 Å². The summed E-state index contributed by atoms with van der Waals surface area (Å²) in [5.74, 6) is -1.74. The molecule has 0 saturated heterocycles. The van der Waals surface area contributed by atoms with E-state index in [9.17, 15) is 8.78 Å². The second-order valence-corrected chi connectivity index (χ2v) is 6.38. The lowest BCUT2D eigenvalue weighted by Gasteiger charge is -2.27. The number of halogens is 2. The second kappa shape index (κ2) is 6.94. The fourth-order valence-electron chi connectivity index (χ4n) is 1.67. The van der Waals surface area contributed by atoms with Crippen molar-refractivity contribution in [2.75, 3.05) is 20.3 Å². The van der Waals surface area contributed by atoms with E-state index < -0.39 is 20.4 Å². The van der Waals surface area contributed by atoms with Crippen LogP contribution in [0.4, 0.5) is 8.78 Å². The van der Waals surface area contributed by atoms with Crippen LogP contribution in [0.5, 0.6) is 0 Å². The van der Waals surface area contributed by atoms with Crippen molar-refractivity contribution in [3.63, 3.8) is 0 Å². The molecule has 102 valence electrons. The molecular formula is C12H18F2O3Si. The lowest BCUT2D eigenvalue weighted by atomic mass is 10.2. The van der Waals surface area contributed by atoms with Crippen molar-refractivity contribution in [3.05, 3.63) is 35.4 Å². The van der Waals surface area contributed by atoms with Gasteiger partial charge in [0.05, 0.1) is 0 Å². The molecule has 0 saturated carbocycles. The SMILES string of the molecule is CCO[Si](Cc1ccc(F)c(F)c1)(OC)OCC. The molecule has 1 aromatic carbocycles. The Morgan fingerprint density at radius 1 is 1.06 bits per heavy atom. The Labute approximate surface area is 107 Å². The summed E-state index contributed by atoms with van der Waals surface area (Å²) in [4.78, 5) is 0. The van der Waals surface area contributed by atoms with Gasteiger partial charge in [0.15, 0.2) is 11.6 Å². The van der Waals surface area contributed by atoms with Crippen molar-refractivity contribution in [3.8, 4) is 0 Å². The molecule has 0 radical (unpaired) electrons. The molecule has 0 aliphatic rings. The highest BCUT2D eigenvalue weighted by molar-refractivity contribution is 6.60. The van der Waals surface area contributed by atoms with Gasteiger partial charge in [-0.2, -0.15) is 0 Å². The van der Waals surface area contributed by atoms with Gasteiger partial charge in [0.1, 0.15) is 0 Å². The molecule has 1 aromatic rings. The number of benzene rings is 1. The Balaban J connectivity index is 2.90. The van der Waals surface area contributed by atoms with Crippen LogP contribution >= 0.6 is 0 Å². The smallest absolute Gasteiger partial charge is 0.377 e. The molecule has 0 unspecified atom stereocenters. The summed E-state index contributed by atoms with van der Waals surface area (Å²) in [7, 11) is -1.33. The third-order valence-electron chi connectivity index (χ3n) is 2.44. The van der Waals surface area contributed by atoms with Crippen molar-refractivity contribution in [2.24, 2.45) is 0 Å². The Morgan fingerprint density at radius 2 is 1.67 bits per heavy atom. The van der Waals surface area contributed by atoms with Crippen LogP contribution < -0.4 is 0 Å². The Kier molecular flexibility index (Phi) is 5.87. The van der Waals surface area contributed by atoms with Gasteiger partial charge in [0, 0.05) is 26.4 Å². The molecule has 0 heterocycles. The predicted molar refractivity (Wildman–Crippen MR) is 66.1 cm³/mol. The maximum atomic E-state index is 13.1. The van der Waals surface area contributed by atoms with Crippen molar-refractivity contribution >= 4 is 8.80 Å². The van der Waals surface area contributed by atoms with Crippen molar-refractivity contribution in [1.29, 1.82) is 0 Å². The molecule has 0 spiro atoms. The van der Waals surface area contributed by atoms with Crippen LogP contribution in [-0.2, 0) is 19.3 Å². The minimum atomic E-state index is -2.84. The van der Waals surface area contributed by atoms with Crippen LogP contribution in [-0.4, -0.2) is 29.1 Å². The highest BCUT2D eigenvalue weighted by Gasteiger charge is 2.39. The summed E-state index contributed by atoms with van der Waals surface area (Å²) in [6, 6.07) is 4.07. The van der Waals surface area contributed by atoms with Gasteiger partial charge in [-0.15, -0.1) is 0 Å². The largest absolute Gasteiger partial charge is 0.505 e. The van der Waals surface area contributed by atoms with E-state index in [-0.39, 0.29) is 0 Å². The number of hydrogen-bond donors (Lipinski definition) is 0. The normalized spacial score (nSPS) is 11.8. The van der Waals surface area contributed by atoms with Gasteiger partial charge in [-0.25, -0.2) is 8.78 Å². The van der Waals surface area contributed by atoms with E-state index in [0.717, 1.165) is 12.1 Å². The van der Waals surface area contributed by atoms with Crippen LogP contribution in [0.25, 0.3) is 0 Å². The Bertz CT molecular complexity index is 382. The van der Waals surface area contributed by atoms with E-state index in [0.29, 0.717) is 24.8 Å². The second-order valence-electron chi connectivity index (χ2n) is 3.68. The zero-order valence-corrected chi connectivity index (χ0v) is 11.8. The maximum Gasteiger partial charge on any atom is 0.505 e. The molecule has 3 nitrogen and oxygen atoms in total. The summed E-state index contributed by atoms with van der Waals surface area (Å²) in [5, 5.41) is 0. The highest BCUT2D eigenvalue weighted by Crippen LogP contribution is 2.18. The van der Waals surface area contributed by atoms with Crippen LogP contribution in [0.3, 0.4) is 0 Å². The molecule has 0 bridgehead atoms. The van der Waals surface area contributed by atoms with E-state index in [2.05, 4.69) is 0 Å². The first kappa shape index (κ1) is 15.2. The molecule has 0 fully saturated rings. The van der Waals surface area contributed by atoms with Crippen LogP contribution in [0, 0.1) is 11.6 Å². The molecule has 0 aromatic heterocycles. The summed E-state index contributed by atoms with van der Waals surface area (Å²) in [6.45, 7) is 4.57. The number of rotatable bonds is 7. The van der Waals surface area contributed by atoms with Crippen LogP contribution in [0.15, 0.2) is 18.2 Å². The average molecular weight is 276 g/mol. The lowest BCUT2D eigenvalue weighted by Crippen LogP contribution is -2.47. The summed E-state index contributed by atoms with van der Waals surface area (Å²) >= 11 is 0. The fourth-order valence-corrected chi connectivity index (χ4v) is 3.94. The third-order valence-corrected chi connectivity index (χ3v) is 5.36. The fraction of sp³-hybridized carbons (Fsp3) is 0.500. The van der Waals surface area contributed by atoms with E-state index in [1.807, 2.05) is 13.8 Å². The summed E-state index contributed by atoms with van der Waals surface area (Å²) in [6.07, 6.45) is 0. The van der Waals surface area contributed by atoms with Crippen molar-refractivity contribution < 1.29 is 22.1 Å². The first-order valence-corrected chi connectivity index (χ1v) is 7.77. The molecule has 0 aliphatic carbocycles. The molecular weight excluding hydrogens is 258 g/mol. The minimum absolute atomic E-state index is 0.322. The van der Waals surface area contributed by atoms with E-state index in [1.165, 1.54) is 13.2 Å². The van der Waals surface area contributed by atoms with Gasteiger partial charge >= 0.3 is 8.80 Å². The molecule has 0 atom stereocenters. The summed E-state index contributed by atoms with van der Waals surface area (Å²) in [5.41, 5.74) is 0.601. The standard InChI is InChI=1S/C12H18F2O3Si/c1-4-16-18(15-3,17-5-2)9-10-6-7-11(13)12(14)8-10/h6-8H,4-5,9H2,1-3H3. The average Bonchev–Trinajstić information content (AvgIpc) is 2.34. The van der Waals surface area contributed by atoms with Gasteiger partial charge in [-0.1, -0.05) is 6.07 Å². The topological polar surface area (TPSA) is 27.7 Å². The molecule has 0 amide bonds. The van der Waals surface area contributed by atoms with Gasteiger partial charge in [0.2, 0.25) is 0 Å². The molecule has 0 N–H and O–H groups in total. The van der Waals surface area contributed by atoms with Crippen LogP contribution in [0.2, 0.25) is 0 Å². The maximum absolute atomic E-state index is 13.1. The molecule has 0 aliphatic heterocycles. The molecule has 6 heteroatoms. The van der Waals surface area contributed by atoms with Crippen LogP contribution in [0.1, 0.15) is 19.4 Å². The van der Waals surface area contributed by atoms with Crippen molar-refractivity contribution in [2.45, 2.75) is 19.9 Å². The van der Waals surface area contributed by atoms with Gasteiger partial charge < -0.3 is 13.3 Å². The van der Waals surface area contributed by atoms with Crippen molar-refractivity contribution in [1.82, 2.24) is 0 Å². The monoisotopic (exact) mass is 276 g/mol. The van der Waals surface area contributed by atoms with Gasteiger partial charge in [-0.3, -0.25) is 0 Å². The molecule has 18 heavy (non-hydrogen) atoms.